The average molecular weight is 346 g/mol. The number of hydrogen-bond acceptors (Lipinski definition) is 5. The lowest BCUT2D eigenvalue weighted by Gasteiger charge is -2.19. The lowest BCUT2D eigenvalue weighted by Crippen LogP contribution is -2.04. The molecule has 0 saturated heterocycles. The number of ketones is 1. The summed E-state index contributed by atoms with van der Waals surface area (Å²) >= 11 is 0. The summed E-state index contributed by atoms with van der Waals surface area (Å²) in [7, 11) is 5.92. The zero-order chi connectivity index (χ0) is 18.1. The highest BCUT2D eigenvalue weighted by Crippen LogP contribution is 2.51. The molecule has 25 heavy (non-hydrogen) atoms. The van der Waals surface area contributed by atoms with Crippen molar-refractivity contribution in [3.63, 3.8) is 0 Å². The largest absolute Gasteiger partial charge is 0.494 e. The van der Waals surface area contributed by atoms with Crippen LogP contribution in [-0.4, -0.2) is 34.2 Å². The van der Waals surface area contributed by atoms with Crippen LogP contribution in [0.5, 0.6) is 23.0 Å². The number of ether oxygens (including phenoxy) is 4. The quantitative estimate of drug-likeness (QED) is 0.828. The number of Topliss-reactive ketones (excluding diaryl/α,β-unsaturated/α-hetero) is 1. The monoisotopic (exact) mass is 346 g/mol. The van der Waals surface area contributed by atoms with E-state index in [1.807, 2.05) is 0 Å². The van der Waals surface area contributed by atoms with Gasteiger partial charge >= 0.3 is 0 Å². The molecule has 0 aliphatic heterocycles. The van der Waals surface area contributed by atoms with Gasteiger partial charge in [0.15, 0.2) is 28.8 Å². The molecule has 0 aromatic heterocycles. The molecule has 0 spiro atoms. The van der Waals surface area contributed by atoms with Gasteiger partial charge in [-0.3, -0.25) is 4.79 Å². The second-order valence-corrected chi connectivity index (χ2v) is 5.68. The Balaban J connectivity index is 2.20. The van der Waals surface area contributed by atoms with Crippen molar-refractivity contribution in [3.05, 3.63) is 46.8 Å². The van der Waals surface area contributed by atoms with Crippen LogP contribution in [0.1, 0.15) is 33.8 Å². The summed E-state index contributed by atoms with van der Waals surface area (Å²) in [5.41, 5.74) is 1.88. The van der Waals surface area contributed by atoms with Crippen molar-refractivity contribution in [2.24, 2.45) is 0 Å². The molecular weight excluding hydrogens is 327 g/mol. The van der Waals surface area contributed by atoms with Crippen LogP contribution in [0.2, 0.25) is 0 Å². The molecule has 1 aliphatic carbocycles. The second-order valence-electron chi connectivity index (χ2n) is 5.68. The molecule has 3 rings (SSSR count). The fourth-order valence-corrected chi connectivity index (χ4v) is 3.34. The van der Waals surface area contributed by atoms with E-state index in [2.05, 4.69) is 0 Å². The van der Waals surface area contributed by atoms with Gasteiger partial charge in [0.05, 0.1) is 28.4 Å². The molecule has 0 fully saturated rings. The zero-order valence-electron chi connectivity index (χ0n) is 14.5. The molecule has 5 nitrogen and oxygen atoms in total. The van der Waals surface area contributed by atoms with E-state index >= 15 is 0 Å². The maximum Gasteiger partial charge on any atom is 0.203 e. The summed E-state index contributed by atoms with van der Waals surface area (Å²) in [5, 5.41) is 0. The molecule has 2 aromatic carbocycles. The van der Waals surface area contributed by atoms with Crippen LogP contribution in [0.3, 0.4) is 0 Å². The number of rotatable bonds is 5. The van der Waals surface area contributed by atoms with Gasteiger partial charge < -0.3 is 18.9 Å². The van der Waals surface area contributed by atoms with Crippen molar-refractivity contribution in [2.45, 2.75) is 12.3 Å². The predicted octanol–water partition coefficient (Wildman–Crippen LogP) is 3.58. The minimum Gasteiger partial charge on any atom is -0.494 e. The molecule has 1 atom stereocenters. The fraction of sp³-hybridized carbons (Fsp3) is 0.316. The van der Waals surface area contributed by atoms with E-state index in [1.54, 1.807) is 18.2 Å². The van der Waals surface area contributed by atoms with E-state index in [9.17, 15) is 9.18 Å². The lowest BCUT2D eigenvalue weighted by atomic mass is 9.91. The Kier molecular flexibility index (Phi) is 4.53. The molecule has 132 valence electrons. The number of halogens is 1. The molecule has 2 aromatic rings. The van der Waals surface area contributed by atoms with Crippen molar-refractivity contribution < 1.29 is 28.1 Å². The van der Waals surface area contributed by atoms with E-state index < -0.39 is 5.82 Å². The highest BCUT2D eigenvalue weighted by molar-refractivity contribution is 6.03. The van der Waals surface area contributed by atoms with Crippen molar-refractivity contribution in [3.8, 4) is 23.0 Å². The molecule has 1 unspecified atom stereocenters. The average Bonchev–Trinajstić information content (AvgIpc) is 2.96. The standard InChI is InChI=1S/C19H19FO5/c1-22-15-6-5-10(7-13(15)20)11-8-14(21)12-9-16(23-2)18(24-3)19(25-4)17(11)12/h5-7,9,11H,8H2,1-4H3. The minimum atomic E-state index is -0.472. The van der Waals surface area contributed by atoms with E-state index in [1.165, 1.54) is 34.5 Å². The number of carbonyl (C=O) groups excluding carboxylic acids is 1. The minimum absolute atomic E-state index is 0.0459. The molecular formula is C19H19FO5. The summed E-state index contributed by atoms with van der Waals surface area (Å²) in [6.45, 7) is 0. The van der Waals surface area contributed by atoms with Crippen LogP contribution < -0.4 is 18.9 Å². The molecule has 0 heterocycles. The van der Waals surface area contributed by atoms with Crippen molar-refractivity contribution >= 4 is 5.78 Å². The van der Waals surface area contributed by atoms with Gasteiger partial charge in [-0.2, -0.15) is 0 Å². The normalized spacial score (nSPS) is 15.7. The molecule has 0 amide bonds. The number of methoxy groups -OCH3 is 4. The van der Waals surface area contributed by atoms with E-state index in [-0.39, 0.29) is 23.9 Å². The van der Waals surface area contributed by atoms with Gasteiger partial charge in [0.2, 0.25) is 5.75 Å². The molecule has 0 N–H and O–H groups in total. The Labute approximate surface area is 145 Å². The highest BCUT2D eigenvalue weighted by atomic mass is 19.1. The lowest BCUT2D eigenvalue weighted by molar-refractivity contribution is 0.0991. The summed E-state index contributed by atoms with van der Waals surface area (Å²) in [6.07, 6.45) is 0.230. The molecule has 0 bridgehead atoms. The third kappa shape index (κ3) is 2.67. The third-order valence-electron chi connectivity index (χ3n) is 4.49. The molecule has 1 aliphatic rings. The SMILES string of the molecule is COc1ccc(C2CC(=O)c3cc(OC)c(OC)c(OC)c32)cc1F. The maximum atomic E-state index is 14.1. The fourth-order valence-electron chi connectivity index (χ4n) is 3.34. The van der Waals surface area contributed by atoms with Crippen molar-refractivity contribution in [1.82, 2.24) is 0 Å². The van der Waals surface area contributed by atoms with E-state index in [0.717, 1.165) is 0 Å². The first-order valence-corrected chi connectivity index (χ1v) is 7.75. The van der Waals surface area contributed by atoms with Gasteiger partial charge in [0, 0.05) is 23.5 Å². The Morgan fingerprint density at radius 3 is 2.16 bits per heavy atom. The Morgan fingerprint density at radius 2 is 1.60 bits per heavy atom. The van der Waals surface area contributed by atoms with Gasteiger partial charge in [-0.25, -0.2) is 4.39 Å². The highest BCUT2D eigenvalue weighted by Gasteiger charge is 2.37. The molecule has 0 radical (unpaired) electrons. The smallest absolute Gasteiger partial charge is 0.203 e. The summed E-state index contributed by atoms with van der Waals surface area (Å²) in [5.74, 6) is 0.593. The van der Waals surface area contributed by atoms with Crippen LogP contribution in [0.15, 0.2) is 24.3 Å². The van der Waals surface area contributed by atoms with Crippen molar-refractivity contribution in [2.75, 3.05) is 28.4 Å². The molecule has 6 heteroatoms. The zero-order valence-corrected chi connectivity index (χ0v) is 14.5. The van der Waals surface area contributed by atoms with Gasteiger partial charge in [-0.1, -0.05) is 6.07 Å². The van der Waals surface area contributed by atoms with Crippen LogP contribution in [0.4, 0.5) is 4.39 Å². The first-order chi connectivity index (χ1) is 12.0. The van der Waals surface area contributed by atoms with Gasteiger partial charge in [-0.05, 0) is 23.8 Å². The Hall–Kier alpha value is -2.76. The van der Waals surface area contributed by atoms with Gasteiger partial charge in [-0.15, -0.1) is 0 Å². The number of benzene rings is 2. The number of carbonyl (C=O) groups is 1. The number of hydrogen-bond donors (Lipinski definition) is 0. The first-order valence-electron chi connectivity index (χ1n) is 7.75. The van der Waals surface area contributed by atoms with Crippen LogP contribution >= 0.6 is 0 Å². The predicted molar refractivity (Wildman–Crippen MR) is 89.8 cm³/mol. The summed E-state index contributed by atoms with van der Waals surface area (Å²) in [6, 6.07) is 6.35. The van der Waals surface area contributed by atoms with Gasteiger partial charge in [0.1, 0.15) is 0 Å². The molecule has 0 saturated carbocycles. The van der Waals surface area contributed by atoms with Crippen molar-refractivity contribution in [1.29, 1.82) is 0 Å². The van der Waals surface area contributed by atoms with Crippen LogP contribution in [-0.2, 0) is 0 Å². The second kappa shape index (κ2) is 6.63. The van der Waals surface area contributed by atoms with Gasteiger partial charge in [0.25, 0.3) is 0 Å². The summed E-state index contributed by atoms with van der Waals surface area (Å²) in [4.78, 5) is 12.5. The first kappa shape index (κ1) is 17.1. The van der Waals surface area contributed by atoms with E-state index in [4.69, 9.17) is 18.9 Å². The van der Waals surface area contributed by atoms with E-state index in [0.29, 0.717) is 33.9 Å². The van der Waals surface area contributed by atoms with Crippen LogP contribution in [0.25, 0.3) is 0 Å². The maximum absolute atomic E-state index is 14.1. The van der Waals surface area contributed by atoms with Crippen LogP contribution in [0, 0.1) is 5.82 Å². The number of fused-ring (bicyclic) bond motifs is 1. The topological polar surface area (TPSA) is 54.0 Å². The third-order valence-corrected chi connectivity index (χ3v) is 4.49. The Bertz CT molecular complexity index is 831. The summed E-state index contributed by atoms with van der Waals surface area (Å²) < 4.78 is 35.3. The Morgan fingerprint density at radius 1 is 0.920 bits per heavy atom.